The molecule has 0 unspecified atom stereocenters. The lowest BCUT2D eigenvalue weighted by Crippen LogP contribution is -2.22. The monoisotopic (exact) mass is 422 g/mol. The molecule has 0 aliphatic carbocycles. The Morgan fingerprint density at radius 2 is 1.93 bits per heavy atom. The Kier molecular flexibility index (Phi) is 6.09. The van der Waals surface area contributed by atoms with E-state index in [-0.39, 0.29) is 0 Å². The molecule has 0 spiro atoms. The summed E-state index contributed by atoms with van der Waals surface area (Å²) in [7, 11) is 1.86. The zero-order chi connectivity index (χ0) is 21.2. The van der Waals surface area contributed by atoms with Crippen molar-refractivity contribution >= 4 is 12.2 Å². The number of nitrogens with zero attached hydrogens (tertiary/aromatic N) is 4. The molecular weight excluding hydrogens is 401 g/mol. The molecule has 9 heteroatoms. The molecule has 29 heavy (non-hydrogen) atoms. The van der Waals surface area contributed by atoms with Crippen LogP contribution in [0.2, 0.25) is 0 Å². The van der Waals surface area contributed by atoms with Crippen molar-refractivity contribution in [1.29, 1.82) is 0 Å². The van der Waals surface area contributed by atoms with Crippen molar-refractivity contribution in [3.05, 3.63) is 70.9 Å². The Balaban J connectivity index is 1.80. The molecule has 1 aromatic carbocycles. The minimum Gasteiger partial charge on any atom is -0.469 e. The highest BCUT2D eigenvalue weighted by Gasteiger charge is 2.29. The van der Waals surface area contributed by atoms with E-state index in [4.69, 9.17) is 16.6 Å². The van der Waals surface area contributed by atoms with E-state index in [0.717, 1.165) is 29.0 Å². The second-order valence-corrected chi connectivity index (χ2v) is 7.11. The SMILES string of the molecule is C=CCn1c(-c2ccoc2C)nn(CN(C)Cc2ccc(C(F)(F)F)cc2)c1=S. The number of allylic oxidation sites excluding steroid dienone is 1. The van der Waals surface area contributed by atoms with Gasteiger partial charge in [0, 0.05) is 13.1 Å². The van der Waals surface area contributed by atoms with Gasteiger partial charge in [0.05, 0.1) is 24.1 Å². The summed E-state index contributed by atoms with van der Waals surface area (Å²) in [6.07, 6.45) is -0.995. The Morgan fingerprint density at radius 1 is 1.24 bits per heavy atom. The van der Waals surface area contributed by atoms with E-state index >= 15 is 0 Å². The van der Waals surface area contributed by atoms with Gasteiger partial charge >= 0.3 is 6.18 Å². The average molecular weight is 422 g/mol. The topological polar surface area (TPSA) is 39.1 Å². The number of benzene rings is 1. The van der Waals surface area contributed by atoms with Crippen LogP contribution >= 0.6 is 12.2 Å². The number of furan rings is 1. The van der Waals surface area contributed by atoms with E-state index in [2.05, 4.69) is 11.7 Å². The third-order valence-corrected chi connectivity index (χ3v) is 4.87. The molecule has 0 atom stereocenters. The normalized spacial score (nSPS) is 11.9. The van der Waals surface area contributed by atoms with Crippen molar-refractivity contribution in [2.24, 2.45) is 0 Å². The van der Waals surface area contributed by atoms with Gasteiger partial charge in [-0.15, -0.1) is 6.58 Å². The van der Waals surface area contributed by atoms with Gasteiger partial charge in [-0.05, 0) is 50.0 Å². The number of aromatic nitrogens is 3. The molecular formula is C20H21F3N4OS. The standard InChI is InChI=1S/C20H21F3N4OS/c1-4-10-26-18(17-9-11-28-14(17)2)24-27(19(26)29)13-25(3)12-15-5-7-16(8-6-15)20(21,22)23/h4-9,11H,1,10,12-13H2,2-3H3. The van der Waals surface area contributed by atoms with E-state index in [1.807, 2.05) is 29.5 Å². The molecule has 0 radical (unpaired) electrons. The highest BCUT2D eigenvalue weighted by molar-refractivity contribution is 7.71. The predicted octanol–water partition coefficient (Wildman–Crippen LogP) is 5.28. The Hall–Kier alpha value is -2.65. The van der Waals surface area contributed by atoms with Crippen molar-refractivity contribution in [3.8, 4) is 11.4 Å². The molecule has 5 nitrogen and oxygen atoms in total. The Morgan fingerprint density at radius 3 is 2.48 bits per heavy atom. The van der Waals surface area contributed by atoms with E-state index < -0.39 is 11.7 Å². The first-order valence-corrected chi connectivity index (χ1v) is 9.29. The van der Waals surface area contributed by atoms with Crippen molar-refractivity contribution in [1.82, 2.24) is 19.2 Å². The molecule has 2 heterocycles. The summed E-state index contributed by atoms with van der Waals surface area (Å²) in [5, 5.41) is 4.64. The van der Waals surface area contributed by atoms with Gasteiger partial charge in [0.2, 0.25) is 0 Å². The van der Waals surface area contributed by atoms with Crippen LogP contribution in [0.25, 0.3) is 11.4 Å². The zero-order valence-corrected chi connectivity index (χ0v) is 16.9. The smallest absolute Gasteiger partial charge is 0.416 e. The van der Waals surface area contributed by atoms with Crippen LogP contribution in [-0.2, 0) is 25.9 Å². The molecule has 0 bridgehead atoms. The first kappa shape index (κ1) is 21.1. The second-order valence-electron chi connectivity index (χ2n) is 6.75. The highest BCUT2D eigenvalue weighted by atomic mass is 32.1. The average Bonchev–Trinajstić information content (AvgIpc) is 3.20. The van der Waals surface area contributed by atoms with E-state index in [0.29, 0.717) is 30.4 Å². The fourth-order valence-electron chi connectivity index (χ4n) is 3.03. The van der Waals surface area contributed by atoms with Crippen LogP contribution in [-0.4, -0.2) is 26.3 Å². The molecule has 3 aromatic rings. The maximum Gasteiger partial charge on any atom is 0.416 e. The van der Waals surface area contributed by atoms with Crippen LogP contribution in [0.1, 0.15) is 16.9 Å². The summed E-state index contributed by atoms with van der Waals surface area (Å²) in [5.41, 5.74) is 0.958. The first-order valence-electron chi connectivity index (χ1n) is 8.88. The third-order valence-electron chi connectivity index (χ3n) is 4.44. The summed E-state index contributed by atoms with van der Waals surface area (Å²) in [4.78, 5) is 1.93. The van der Waals surface area contributed by atoms with Crippen LogP contribution in [0.4, 0.5) is 13.2 Å². The number of alkyl halides is 3. The zero-order valence-electron chi connectivity index (χ0n) is 16.1. The molecule has 154 valence electrons. The maximum absolute atomic E-state index is 12.7. The molecule has 0 fully saturated rings. The summed E-state index contributed by atoms with van der Waals surface area (Å²) in [6, 6.07) is 6.98. The maximum atomic E-state index is 12.7. The van der Waals surface area contributed by atoms with E-state index in [1.165, 1.54) is 12.1 Å². The van der Waals surface area contributed by atoms with Crippen LogP contribution in [0.5, 0.6) is 0 Å². The number of halogens is 3. The lowest BCUT2D eigenvalue weighted by atomic mass is 10.1. The fourth-order valence-corrected chi connectivity index (χ4v) is 3.29. The summed E-state index contributed by atoms with van der Waals surface area (Å²) in [6.45, 7) is 6.96. The van der Waals surface area contributed by atoms with Crippen molar-refractivity contribution in [2.45, 2.75) is 32.9 Å². The molecule has 3 rings (SSSR count). The second kappa shape index (κ2) is 8.38. The van der Waals surface area contributed by atoms with Gasteiger partial charge < -0.3 is 4.42 Å². The predicted molar refractivity (Wildman–Crippen MR) is 107 cm³/mol. The molecule has 0 saturated carbocycles. The lowest BCUT2D eigenvalue weighted by Gasteiger charge is -2.17. The van der Waals surface area contributed by atoms with Gasteiger partial charge in [-0.3, -0.25) is 9.47 Å². The minimum absolute atomic E-state index is 0.383. The summed E-state index contributed by atoms with van der Waals surface area (Å²) in [5.74, 6) is 1.42. The third kappa shape index (κ3) is 4.68. The van der Waals surface area contributed by atoms with E-state index in [9.17, 15) is 13.2 Å². The highest BCUT2D eigenvalue weighted by Crippen LogP contribution is 2.29. The summed E-state index contributed by atoms with van der Waals surface area (Å²) < 4.78 is 47.6. The van der Waals surface area contributed by atoms with Crippen molar-refractivity contribution < 1.29 is 17.6 Å². The lowest BCUT2D eigenvalue weighted by molar-refractivity contribution is -0.137. The largest absolute Gasteiger partial charge is 0.469 e. The minimum atomic E-state index is -4.34. The molecule has 0 amide bonds. The van der Waals surface area contributed by atoms with Gasteiger partial charge in [0.25, 0.3) is 0 Å². The van der Waals surface area contributed by atoms with Crippen molar-refractivity contribution in [2.75, 3.05) is 7.05 Å². The number of hydrogen-bond acceptors (Lipinski definition) is 4. The van der Waals surface area contributed by atoms with Gasteiger partial charge in [-0.25, -0.2) is 4.68 Å². The number of aryl methyl sites for hydroxylation is 1. The van der Waals surface area contributed by atoms with Gasteiger partial charge in [-0.2, -0.15) is 18.3 Å². The van der Waals surface area contributed by atoms with Crippen LogP contribution in [0, 0.1) is 11.7 Å². The van der Waals surface area contributed by atoms with Gasteiger partial charge in [0.1, 0.15) is 5.76 Å². The van der Waals surface area contributed by atoms with Crippen LogP contribution in [0.15, 0.2) is 53.7 Å². The van der Waals surface area contributed by atoms with Crippen molar-refractivity contribution in [3.63, 3.8) is 0 Å². The van der Waals surface area contributed by atoms with Gasteiger partial charge in [0.15, 0.2) is 10.6 Å². The van der Waals surface area contributed by atoms with E-state index in [1.54, 1.807) is 17.0 Å². The summed E-state index contributed by atoms with van der Waals surface area (Å²) >= 11 is 5.57. The van der Waals surface area contributed by atoms with Crippen LogP contribution in [0.3, 0.4) is 0 Å². The Labute approximate surface area is 171 Å². The molecule has 0 N–H and O–H groups in total. The number of hydrogen-bond donors (Lipinski definition) is 0. The molecule has 0 aliphatic rings. The number of rotatable bonds is 7. The quantitative estimate of drug-likeness (QED) is 0.384. The van der Waals surface area contributed by atoms with Gasteiger partial charge in [-0.1, -0.05) is 18.2 Å². The molecule has 0 saturated heterocycles. The van der Waals surface area contributed by atoms with Crippen LogP contribution < -0.4 is 0 Å². The Bertz CT molecular complexity index is 1050. The molecule has 0 aliphatic heterocycles. The first-order chi connectivity index (χ1) is 13.7. The fraction of sp³-hybridized carbons (Fsp3) is 0.300. The molecule has 2 aromatic heterocycles.